The molecule has 20 heavy (non-hydrogen) atoms. The molecule has 2 aliphatic rings. The van der Waals surface area contributed by atoms with Crippen molar-refractivity contribution in [3.8, 4) is 0 Å². The maximum Gasteiger partial charge on any atom is 0.317 e. The van der Waals surface area contributed by atoms with E-state index in [-0.39, 0.29) is 18.0 Å². The van der Waals surface area contributed by atoms with Crippen LogP contribution in [0.2, 0.25) is 0 Å². The average Bonchev–Trinajstić information content (AvgIpc) is 2.82. The number of nitrogen functional groups attached to an aromatic ring is 1. The first-order chi connectivity index (χ1) is 9.56. The van der Waals surface area contributed by atoms with Gasteiger partial charge in [-0.05, 0) is 13.0 Å². The number of aryl methyl sites for hydroxylation is 1. The van der Waals surface area contributed by atoms with Gasteiger partial charge in [0.25, 0.3) is 5.91 Å². The monoisotopic (exact) mass is 275 g/mol. The van der Waals surface area contributed by atoms with E-state index >= 15 is 0 Å². The highest BCUT2D eigenvalue weighted by molar-refractivity contribution is 5.96. The number of carbonyl (C=O) groups excluding carboxylic acids is 2. The SMILES string of the molecule is Cc1ncc(N)cc1C(=O)N1CCN2C(=O)NCC2C1. The predicted octanol–water partition coefficient (Wildman–Crippen LogP) is -0.178. The van der Waals surface area contributed by atoms with Gasteiger partial charge in [-0.2, -0.15) is 0 Å². The maximum atomic E-state index is 12.5. The number of amides is 3. The second kappa shape index (κ2) is 4.66. The number of anilines is 1. The van der Waals surface area contributed by atoms with Crippen LogP contribution >= 0.6 is 0 Å². The summed E-state index contributed by atoms with van der Waals surface area (Å²) in [5, 5.41) is 2.80. The van der Waals surface area contributed by atoms with Crippen molar-refractivity contribution in [3.63, 3.8) is 0 Å². The summed E-state index contributed by atoms with van der Waals surface area (Å²) in [4.78, 5) is 31.8. The molecular formula is C13H17N5O2. The lowest BCUT2D eigenvalue weighted by Gasteiger charge is -2.36. The van der Waals surface area contributed by atoms with Crippen LogP contribution in [0.25, 0.3) is 0 Å². The summed E-state index contributed by atoms with van der Waals surface area (Å²) >= 11 is 0. The first-order valence-corrected chi connectivity index (χ1v) is 6.62. The van der Waals surface area contributed by atoms with Gasteiger partial charge >= 0.3 is 6.03 Å². The number of nitrogens with one attached hydrogen (secondary N) is 1. The van der Waals surface area contributed by atoms with Crippen molar-refractivity contribution in [1.29, 1.82) is 0 Å². The van der Waals surface area contributed by atoms with Crippen molar-refractivity contribution in [2.75, 3.05) is 31.9 Å². The van der Waals surface area contributed by atoms with Crippen LogP contribution < -0.4 is 11.1 Å². The zero-order valence-electron chi connectivity index (χ0n) is 11.3. The fourth-order valence-electron chi connectivity index (χ4n) is 2.72. The summed E-state index contributed by atoms with van der Waals surface area (Å²) in [7, 11) is 0. The third-order valence-corrected chi connectivity index (χ3v) is 3.86. The first kappa shape index (κ1) is 12.7. The molecule has 3 N–H and O–H groups in total. The number of carbonyl (C=O) groups is 2. The molecule has 3 amide bonds. The minimum absolute atomic E-state index is 0.0381. The first-order valence-electron chi connectivity index (χ1n) is 6.62. The van der Waals surface area contributed by atoms with Crippen LogP contribution in [-0.4, -0.2) is 58.9 Å². The fourth-order valence-corrected chi connectivity index (χ4v) is 2.72. The Labute approximate surface area is 116 Å². The van der Waals surface area contributed by atoms with Gasteiger partial charge < -0.3 is 20.9 Å². The van der Waals surface area contributed by atoms with Crippen molar-refractivity contribution in [1.82, 2.24) is 20.1 Å². The molecule has 1 aromatic heterocycles. The fraction of sp³-hybridized carbons (Fsp3) is 0.462. The number of urea groups is 1. The van der Waals surface area contributed by atoms with Crippen molar-refractivity contribution < 1.29 is 9.59 Å². The lowest BCUT2D eigenvalue weighted by Crippen LogP contribution is -2.53. The Bertz CT molecular complexity index is 574. The topological polar surface area (TPSA) is 91.6 Å². The van der Waals surface area contributed by atoms with E-state index in [2.05, 4.69) is 10.3 Å². The van der Waals surface area contributed by atoms with Crippen LogP contribution in [0.5, 0.6) is 0 Å². The number of pyridine rings is 1. The maximum absolute atomic E-state index is 12.5. The normalized spacial score (nSPS) is 21.6. The van der Waals surface area contributed by atoms with Crippen molar-refractivity contribution in [2.24, 2.45) is 0 Å². The van der Waals surface area contributed by atoms with Gasteiger partial charge in [-0.15, -0.1) is 0 Å². The minimum atomic E-state index is -0.0682. The van der Waals surface area contributed by atoms with Crippen molar-refractivity contribution in [3.05, 3.63) is 23.5 Å². The molecule has 0 saturated carbocycles. The largest absolute Gasteiger partial charge is 0.397 e. The van der Waals surface area contributed by atoms with E-state index < -0.39 is 0 Å². The van der Waals surface area contributed by atoms with Gasteiger partial charge in [-0.25, -0.2) is 4.79 Å². The highest BCUT2D eigenvalue weighted by Gasteiger charge is 2.37. The molecule has 7 nitrogen and oxygen atoms in total. The summed E-state index contributed by atoms with van der Waals surface area (Å²) in [5.41, 5.74) is 7.40. The van der Waals surface area contributed by atoms with Crippen molar-refractivity contribution in [2.45, 2.75) is 13.0 Å². The van der Waals surface area contributed by atoms with Gasteiger partial charge in [0.15, 0.2) is 0 Å². The van der Waals surface area contributed by atoms with Gasteiger partial charge in [0.2, 0.25) is 0 Å². The summed E-state index contributed by atoms with van der Waals surface area (Å²) in [5.74, 6) is -0.0682. The Kier molecular flexibility index (Phi) is 2.96. The number of hydrogen-bond donors (Lipinski definition) is 2. The van der Waals surface area contributed by atoms with E-state index in [0.29, 0.717) is 43.1 Å². The molecule has 1 atom stereocenters. The smallest absolute Gasteiger partial charge is 0.317 e. The Balaban J connectivity index is 1.78. The number of aromatic nitrogens is 1. The molecule has 0 aliphatic carbocycles. The Morgan fingerprint density at radius 3 is 3.10 bits per heavy atom. The van der Waals surface area contributed by atoms with Crippen LogP contribution in [0.15, 0.2) is 12.3 Å². The molecular weight excluding hydrogens is 258 g/mol. The minimum Gasteiger partial charge on any atom is -0.397 e. The molecule has 0 radical (unpaired) electrons. The molecule has 3 rings (SSSR count). The summed E-state index contributed by atoms with van der Waals surface area (Å²) in [6, 6.07) is 1.69. The molecule has 3 heterocycles. The quantitative estimate of drug-likeness (QED) is 0.744. The Hall–Kier alpha value is -2.31. The molecule has 0 bridgehead atoms. The standard InChI is InChI=1S/C13H17N5O2/c1-8-11(4-9(14)5-15-8)12(19)17-2-3-18-10(7-17)6-16-13(18)20/h4-5,10H,2-3,6-7,14H2,1H3,(H,16,20). The molecule has 2 fully saturated rings. The molecule has 2 saturated heterocycles. The number of piperazine rings is 1. The van der Waals surface area contributed by atoms with Crippen LogP contribution in [-0.2, 0) is 0 Å². The third-order valence-electron chi connectivity index (χ3n) is 3.86. The van der Waals surface area contributed by atoms with E-state index in [1.165, 1.54) is 0 Å². The predicted molar refractivity (Wildman–Crippen MR) is 73.2 cm³/mol. The second-order valence-corrected chi connectivity index (χ2v) is 5.19. The van der Waals surface area contributed by atoms with Gasteiger partial charge in [0.1, 0.15) is 0 Å². The molecule has 2 aliphatic heterocycles. The number of rotatable bonds is 1. The molecule has 106 valence electrons. The number of hydrogen-bond acceptors (Lipinski definition) is 4. The molecule has 1 aromatic rings. The lowest BCUT2D eigenvalue weighted by atomic mass is 10.1. The number of fused-ring (bicyclic) bond motifs is 1. The number of nitrogens with two attached hydrogens (primary N) is 1. The molecule has 0 aromatic carbocycles. The van der Waals surface area contributed by atoms with Gasteiger partial charge in [0.05, 0.1) is 29.2 Å². The summed E-state index contributed by atoms with van der Waals surface area (Å²) < 4.78 is 0. The highest BCUT2D eigenvalue weighted by atomic mass is 16.2. The van der Waals surface area contributed by atoms with Crippen LogP contribution in [0, 0.1) is 6.92 Å². The zero-order chi connectivity index (χ0) is 14.3. The van der Waals surface area contributed by atoms with E-state index in [1.54, 1.807) is 29.0 Å². The third kappa shape index (κ3) is 2.04. The Morgan fingerprint density at radius 1 is 1.50 bits per heavy atom. The Morgan fingerprint density at radius 2 is 2.30 bits per heavy atom. The van der Waals surface area contributed by atoms with Crippen molar-refractivity contribution >= 4 is 17.6 Å². The van der Waals surface area contributed by atoms with E-state index in [1.807, 2.05) is 0 Å². The highest BCUT2D eigenvalue weighted by Crippen LogP contribution is 2.18. The van der Waals surface area contributed by atoms with Gasteiger partial charge in [-0.1, -0.05) is 0 Å². The molecule has 0 spiro atoms. The van der Waals surface area contributed by atoms with E-state index in [0.717, 1.165) is 0 Å². The van der Waals surface area contributed by atoms with Crippen LogP contribution in [0.3, 0.4) is 0 Å². The lowest BCUT2D eigenvalue weighted by molar-refractivity contribution is 0.0616. The second-order valence-electron chi connectivity index (χ2n) is 5.19. The van der Waals surface area contributed by atoms with Gasteiger partial charge in [0, 0.05) is 26.2 Å². The molecule has 7 heteroatoms. The summed E-state index contributed by atoms with van der Waals surface area (Å²) in [6.07, 6.45) is 1.55. The zero-order valence-corrected chi connectivity index (χ0v) is 11.3. The van der Waals surface area contributed by atoms with E-state index in [4.69, 9.17) is 5.73 Å². The molecule has 1 unspecified atom stereocenters. The van der Waals surface area contributed by atoms with E-state index in [9.17, 15) is 9.59 Å². The van der Waals surface area contributed by atoms with Gasteiger partial charge in [-0.3, -0.25) is 9.78 Å². The average molecular weight is 275 g/mol. The van der Waals surface area contributed by atoms with Crippen LogP contribution in [0.1, 0.15) is 16.1 Å². The van der Waals surface area contributed by atoms with Crippen LogP contribution in [0.4, 0.5) is 10.5 Å². The summed E-state index contributed by atoms with van der Waals surface area (Å²) in [6.45, 7) is 4.04. The number of nitrogens with zero attached hydrogens (tertiary/aromatic N) is 3.